The van der Waals surface area contributed by atoms with Gasteiger partial charge < -0.3 is 14.6 Å². The number of aromatic amines is 1. The Morgan fingerprint density at radius 1 is 1.72 bits per heavy atom. The molecule has 0 saturated carbocycles. The quantitative estimate of drug-likeness (QED) is 0.744. The molecular weight excluding hydrogens is 240 g/mol. The van der Waals surface area contributed by atoms with Gasteiger partial charge in [0.15, 0.2) is 6.23 Å². The van der Waals surface area contributed by atoms with E-state index in [9.17, 15) is 14.7 Å². The number of aliphatic hydroxyl groups is 1. The van der Waals surface area contributed by atoms with E-state index in [2.05, 4.69) is 0 Å². The van der Waals surface area contributed by atoms with Gasteiger partial charge in [-0.15, -0.1) is 0 Å². The Bertz CT molecular complexity index is 679. The number of ether oxygens (including phenoxy) is 2. The van der Waals surface area contributed by atoms with Crippen LogP contribution >= 0.6 is 0 Å². The van der Waals surface area contributed by atoms with E-state index in [0.717, 1.165) is 23.8 Å². The summed E-state index contributed by atoms with van der Waals surface area (Å²) in [5.74, 6) is 0. The predicted octanol–water partition coefficient (Wildman–Crippen LogP) is -0.780. The summed E-state index contributed by atoms with van der Waals surface area (Å²) in [6.45, 7) is 1.14. The molecule has 0 radical (unpaired) electrons. The van der Waals surface area contributed by atoms with Gasteiger partial charge in [-0.2, -0.15) is 0 Å². The van der Waals surface area contributed by atoms with Crippen LogP contribution in [-0.2, 0) is 9.47 Å². The summed E-state index contributed by atoms with van der Waals surface area (Å²) >= 11 is 0. The van der Waals surface area contributed by atoms with Crippen molar-refractivity contribution in [3.8, 4) is 0 Å². The molecule has 0 unspecified atom stereocenters. The topological polar surface area (TPSA) is 93.5 Å². The van der Waals surface area contributed by atoms with Gasteiger partial charge in [0, 0.05) is 22.0 Å². The molecule has 1 aliphatic rings. The van der Waals surface area contributed by atoms with Crippen LogP contribution in [0.4, 0.5) is 0 Å². The van der Waals surface area contributed by atoms with Gasteiger partial charge in [-0.1, -0.05) is 6.92 Å². The highest BCUT2D eigenvalue weighted by atomic mass is 16.6. The lowest BCUT2D eigenvalue weighted by atomic mass is 10.1. The maximum Gasteiger partial charge on any atom is 0.330 e. The summed E-state index contributed by atoms with van der Waals surface area (Å²) in [5.41, 5.74) is -1.56. The zero-order valence-electron chi connectivity index (χ0n) is 14.5. The molecule has 0 aromatic carbocycles. The minimum absolute atomic E-state index is 0.666. The van der Waals surface area contributed by atoms with Gasteiger partial charge in [-0.3, -0.25) is 14.3 Å². The highest BCUT2D eigenvalue weighted by Crippen LogP contribution is 2.31. The van der Waals surface area contributed by atoms with Gasteiger partial charge in [0.2, 0.25) is 0 Å². The molecule has 0 spiro atoms. The molecule has 18 heavy (non-hydrogen) atoms. The molecule has 1 fully saturated rings. The SMILES string of the molecule is [2H]C([2H])([2H])O[C@@H]1[C@H](O)[C@@H](C([2H])([2H])C)O[C@H]1n1ccc(=O)[nH]c1=O. The van der Waals surface area contributed by atoms with Crippen LogP contribution in [0.25, 0.3) is 0 Å². The number of aliphatic hydroxyl groups excluding tert-OH is 1. The van der Waals surface area contributed by atoms with Crippen LogP contribution in [0.5, 0.6) is 0 Å². The van der Waals surface area contributed by atoms with Crippen molar-refractivity contribution in [1.29, 1.82) is 0 Å². The third-order valence-electron chi connectivity index (χ3n) is 2.76. The second-order valence-electron chi connectivity index (χ2n) is 3.83. The average Bonchev–Trinajstić information content (AvgIpc) is 2.65. The minimum Gasteiger partial charge on any atom is -0.388 e. The van der Waals surface area contributed by atoms with Crippen LogP contribution in [0, 0.1) is 0 Å². The Hall–Kier alpha value is -1.44. The number of H-pyrrole nitrogens is 1. The standard InChI is InChI=1S/C11H16N2O5/c1-3-6-8(15)9(17-2)10(18-6)13-5-4-7(14)12-11(13)16/h4-6,8-10,15H,3H2,1-2H3,(H,12,14,16)/t6-,8-,9-,10-/m1/s1/i2D3,3D2. The summed E-state index contributed by atoms with van der Waals surface area (Å²) in [6, 6.07) is 1.01. The molecule has 2 N–H and O–H groups in total. The number of nitrogens with zero attached hydrogens (tertiary/aromatic N) is 1. The Labute approximate surface area is 110 Å². The van der Waals surface area contributed by atoms with E-state index in [-0.39, 0.29) is 0 Å². The molecule has 0 aliphatic carbocycles. The maximum atomic E-state index is 11.9. The second kappa shape index (κ2) is 5.05. The van der Waals surface area contributed by atoms with Crippen molar-refractivity contribution in [2.45, 2.75) is 37.8 Å². The molecule has 1 aromatic rings. The van der Waals surface area contributed by atoms with Gasteiger partial charge in [0.05, 0.1) is 10.2 Å². The summed E-state index contributed by atoms with van der Waals surface area (Å²) in [4.78, 5) is 24.9. The number of hydrogen-bond donors (Lipinski definition) is 2. The van der Waals surface area contributed by atoms with Crippen LogP contribution < -0.4 is 11.2 Å². The highest BCUT2D eigenvalue weighted by molar-refractivity contribution is 4.93. The fourth-order valence-corrected chi connectivity index (χ4v) is 1.87. The highest BCUT2D eigenvalue weighted by Gasteiger charge is 2.44. The van der Waals surface area contributed by atoms with Crippen molar-refractivity contribution in [3.05, 3.63) is 33.1 Å². The molecule has 0 amide bonds. The number of rotatable bonds is 3. The largest absolute Gasteiger partial charge is 0.388 e. The third-order valence-corrected chi connectivity index (χ3v) is 2.76. The fraction of sp³-hybridized carbons (Fsp3) is 0.636. The lowest BCUT2D eigenvalue weighted by molar-refractivity contribution is -0.0542. The summed E-state index contributed by atoms with van der Waals surface area (Å²) in [7, 11) is -2.89. The third kappa shape index (κ3) is 2.12. The van der Waals surface area contributed by atoms with E-state index in [1.165, 1.54) is 0 Å². The van der Waals surface area contributed by atoms with E-state index in [4.69, 9.17) is 16.3 Å². The lowest BCUT2D eigenvalue weighted by Gasteiger charge is -2.20. The first-order valence-electron chi connectivity index (χ1n) is 7.73. The Morgan fingerprint density at radius 3 is 3.11 bits per heavy atom. The van der Waals surface area contributed by atoms with Crippen molar-refractivity contribution in [1.82, 2.24) is 9.55 Å². The Balaban J connectivity index is 2.45. The summed E-state index contributed by atoms with van der Waals surface area (Å²) < 4.78 is 47.8. The average molecular weight is 261 g/mol. The first kappa shape index (κ1) is 7.88. The maximum absolute atomic E-state index is 11.9. The smallest absolute Gasteiger partial charge is 0.330 e. The molecule has 100 valence electrons. The van der Waals surface area contributed by atoms with Gasteiger partial charge in [-0.05, 0) is 6.37 Å². The van der Waals surface area contributed by atoms with Crippen LogP contribution in [0.2, 0.25) is 0 Å². The van der Waals surface area contributed by atoms with Crippen molar-refractivity contribution in [2.24, 2.45) is 0 Å². The van der Waals surface area contributed by atoms with E-state index in [1.807, 2.05) is 4.98 Å². The molecule has 1 saturated heterocycles. The molecule has 2 heterocycles. The summed E-state index contributed by atoms with van der Waals surface area (Å²) in [6.07, 6.45) is -6.93. The number of methoxy groups -OCH3 is 1. The van der Waals surface area contributed by atoms with Gasteiger partial charge in [0.25, 0.3) is 5.56 Å². The predicted molar refractivity (Wildman–Crippen MR) is 62.3 cm³/mol. The number of aromatic nitrogens is 2. The second-order valence-corrected chi connectivity index (χ2v) is 3.83. The van der Waals surface area contributed by atoms with E-state index < -0.39 is 49.2 Å². The monoisotopic (exact) mass is 261 g/mol. The molecule has 1 aliphatic heterocycles. The van der Waals surface area contributed by atoms with Crippen molar-refractivity contribution >= 4 is 0 Å². The fourth-order valence-electron chi connectivity index (χ4n) is 1.87. The lowest BCUT2D eigenvalue weighted by Crippen LogP contribution is -2.38. The van der Waals surface area contributed by atoms with Crippen LogP contribution in [0.1, 0.15) is 26.4 Å². The van der Waals surface area contributed by atoms with E-state index in [0.29, 0.717) is 0 Å². The first-order valence-corrected chi connectivity index (χ1v) is 5.23. The molecule has 1 aromatic heterocycles. The minimum atomic E-state index is -2.89. The molecule has 0 bridgehead atoms. The summed E-state index contributed by atoms with van der Waals surface area (Å²) in [5, 5.41) is 10.2. The Morgan fingerprint density at radius 2 is 2.50 bits per heavy atom. The normalized spacial score (nSPS) is 37.3. The number of nitrogens with one attached hydrogen (secondary N) is 1. The number of hydrogen-bond acceptors (Lipinski definition) is 5. The van der Waals surface area contributed by atoms with Crippen molar-refractivity contribution in [3.63, 3.8) is 0 Å². The molecule has 2 rings (SSSR count). The van der Waals surface area contributed by atoms with Crippen molar-refractivity contribution < 1.29 is 21.4 Å². The first-order chi connectivity index (χ1) is 10.4. The van der Waals surface area contributed by atoms with E-state index in [1.54, 1.807) is 0 Å². The van der Waals surface area contributed by atoms with Gasteiger partial charge in [0.1, 0.15) is 12.2 Å². The molecular formula is C11H16N2O5. The molecule has 4 atom stereocenters. The van der Waals surface area contributed by atoms with Crippen molar-refractivity contribution in [2.75, 3.05) is 7.04 Å². The molecule has 7 nitrogen and oxygen atoms in total. The van der Waals surface area contributed by atoms with Crippen LogP contribution in [-0.4, -0.2) is 40.0 Å². The van der Waals surface area contributed by atoms with Crippen LogP contribution in [0.15, 0.2) is 21.9 Å². The molecule has 7 heteroatoms. The van der Waals surface area contributed by atoms with Crippen LogP contribution in [0.3, 0.4) is 0 Å². The van der Waals surface area contributed by atoms with E-state index >= 15 is 0 Å². The zero-order chi connectivity index (χ0) is 17.6. The Kier molecular flexibility index (Phi) is 2.21. The van der Waals surface area contributed by atoms with Gasteiger partial charge >= 0.3 is 5.69 Å². The zero-order valence-corrected chi connectivity index (χ0v) is 9.49. The van der Waals surface area contributed by atoms with Gasteiger partial charge in [-0.25, -0.2) is 4.79 Å².